The van der Waals surface area contributed by atoms with E-state index in [1.807, 2.05) is 36.4 Å². The highest BCUT2D eigenvalue weighted by molar-refractivity contribution is 6.99. The topological polar surface area (TPSA) is 70.0 Å². The molecule has 0 aromatic heterocycles. The van der Waals surface area contributed by atoms with Gasteiger partial charge in [0.2, 0.25) is 0 Å². The smallest absolute Gasteiger partial charge is 0.407 e. The molecule has 2 atom stereocenters. The van der Waals surface area contributed by atoms with Gasteiger partial charge in [-0.25, -0.2) is 4.79 Å². The summed E-state index contributed by atoms with van der Waals surface area (Å²) in [5, 5.41) is 21.3. The summed E-state index contributed by atoms with van der Waals surface area (Å²) in [7, 11) is -2.72. The molecule has 0 bridgehead atoms. The lowest BCUT2D eigenvalue weighted by atomic mass is 10.2. The van der Waals surface area contributed by atoms with E-state index in [1.165, 1.54) is 15.3 Å². The van der Waals surface area contributed by atoms with E-state index in [1.54, 1.807) is 0 Å². The minimum atomic E-state index is -2.72. The van der Waals surface area contributed by atoms with Crippen LogP contribution < -0.4 is 10.4 Å². The molecule has 1 amide bonds. The minimum absolute atomic E-state index is 0.166. The lowest BCUT2D eigenvalue weighted by Crippen LogP contribution is -2.67. The molecule has 1 aliphatic rings. The summed E-state index contributed by atoms with van der Waals surface area (Å²) in [4.78, 5) is 12.9. The maximum absolute atomic E-state index is 11.6. The summed E-state index contributed by atoms with van der Waals surface area (Å²) in [5.74, 6) is 0. The third-order valence-corrected chi connectivity index (χ3v) is 10.7. The second-order valence-electron chi connectivity index (χ2n) is 8.41. The number of amides is 1. The highest BCUT2D eigenvalue weighted by Gasteiger charge is 2.52. The number of carbonyl (C=O) groups is 1. The van der Waals surface area contributed by atoms with Crippen LogP contribution in [0.5, 0.6) is 0 Å². The van der Waals surface area contributed by atoms with Crippen molar-refractivity contribution in [1.29, 1.82) is 0 Å². The largest absolute Gasteiger partial charge is 0.465 e. The Bertz CT molecular complexity index is 752. The standard InChI is InChI=1S/C22H29NO4Si/c1-22(2,3)28(19-10-6-4-7-11-19,20-12-8-5-9-13-20)27-18-14-17(16-24)23(15-18)21(25)26/h4-13,17-18,24H,14-16H2,1-3H3,(H,25,26)/t17-,18+/m0/s1. The van der Waals surface area contributed by atoms with Crippen molar-refractivity contribution in [1.82, 2.24) is 4.90 Å². The van der Waals surface area contributed by atoms with Gasteiger partial charge in [-0.2, -0.15) is 0 Å². The Hall–Kier alpha value is -2.15. The molecule has 0 unspecified atom stereocenters. The molecule has 0 spiro atoms. The van der Waals surface area contributed by atoms with Gasteiger partial charge < -0.3 is 19.5 Å². The molecule has 1 heterocycles. The Labute approximate surface area is 167 Å². The van der Waals surface area contributed by atoms with E-state index in [0.717, 1.165) is 0 Å². The summed E-state index contributed by atoms with van der Waals surface area (Å²) in [6.45, 7) is 6.70. The van der Waals surface area contributed by atoms with E-state index in [9.17, 15) is 15.0 Å². The van der Waals surface area contributed by atoms with Gasteiger partial charge in [0.25, 0.3) is 8.32 Å². The Morgan fingerprint density at radius 1 is 1.07 bits per heavy atom. The second-order valence-corrected chi connectivity index (χ2v) is 12.7. The molecule has 0 saturated carbocycles. The van der Waals surface area contributed by atoms with E-state index in [-0.39, 0.29) is 24.3 Å². The van der Waals surface area contributed by atoms with Gasteiger partial charge >= 0.3 is 6.09 Å². The number of carboxylic acid groups (broad SMARTS) is 1. The maximum atomic E-state index is 11.6. The highest BCUT2D eigenvalue weighted by atomic mass is 28.4. The van der Waals surface area contributed by atoms with Crippen molar-refractivity contribution in [3.8, 4) is 0 Å². The Morgan fingerprint density at radius 3 is 1.93 bits per heavy atom. The van der Waals surface area contributed by atoms with Gasteiger partial charge in [0.05, 0.1) is 18.8 Å². The molecule has 1 saturated heterocycles. The van der Waals surface area contributed by atoms with Crippen LogP contribution in [0.15, 0.2) is 60.7 Å². The first-order chi connectivity index (χ1) is 13.3. The fraction of sp³-hybridized carbons (Fsp3) is 0.409. The summed E-state index contributed by atoms with van der Waals surface area (Å²) in [5.41, 5.74) is 0. The molecule has 0 radical (unpaired) electrons. The average molecular weight is 400 g/mol. The fourth-order valence-corrected chi connectivity index (χ4v) is 8.99. The van der Waals surface area contributed by atoms with Crippen LogP contribution in [0.25, 0.3) is 0 Å². The summed E-state index contributed by atoms with van der Waals surface area (Å²) in [6.07, 6.45) is -0.750. The van der Waals surface area contributed by atoms with E-state index in [0.29, 0.717) is 6.42 Å². The van der Waals surface area contributed by atoms with Gasteiger partial charge in [0.15, 0.2) is 0 Å². The SMILES string of the molecule is CC(C)(C)[Si](O[C@@H]1C[C@@H](CO)N(C(=O)O)C1)(c1ccccc1)c1ccccc1. The second kappa shape index (κ2) is 8.07. The number of hydrogen-bond donors (Lipinski definition) is 2. The van der Waals surface area contributed by atoms with Crippen LogP contribution in [-0.4, -0.2) is 54.8 Å². The van der Waals surface area contributed by atoms with Crippen molar-refractivity contribution in [3.05, 3.63) is 60.7 Å². The molecule has 3 rings (SSSR count). The molecule has 2 N–H and O–H groups in total. The van der Waals surface area contributed by atoms with Crippen LogP contribution in [0.1, 0.15) is 27.2 Å². The first-order valence-electron chi connectivity index (χ1n) is 9.69. The minimum Gasteiger partial charge on any atom is -0.465 e. The molecule has 0 aliphatic carbocycles. The fourth-order valence-electron chi connectivity index (χ4n) is 4.31. The van der Waals surface area contributed by atoms with Crippen LogP contribution in [0, 0.1) is 0 Å². The predicted octanol–water partition coefficient (Wildman–Crippen LogP) is 2.68. The third-order valence-electron chi connectivity index (χ3n) is 5.59. The van der Waals surface area contributed by atoms with Crippen LogP contribution in [0.3, 0.4) is 0 Å². The molecule has 150 valence electrons. The zero-order chi connectivity index (χ0) is 20.4. The predicted molar refractivity (Wildman–Crippen MR) is 113 cm³/mol. The number of likely N-dealkylation sites (tertiary alicyclic amines) is 1. The van der Waals surface area contributed by atoms with E-state index in [4.69, 9.17) is 4.43 Å². The normalized spacial score (nSPS) is 20.4. The molecular formula is C22H29NO4Si. The van der Waals surface area contributed by atoms with Crippen LogP contribution >= 0.6 is 0 Å². The van der Waals surface area contributed by atoms with Gasteiger partial charge in [-0.3, -0.25) is 0 Å². The molecule has 6 heteroatoms. The zero-order valence-electron chi connectivity index (χ0n) is 16.7. The first kappa shape index (κ1) is 20.6. The molecule has 1 aliphatic heterocycles. The van der Waals surface area contributed by atoms with Crippen molar-refractivity contribution in [3.63, 3.8) is 0 Å². The molecule has 2 aromatic carbocycles. The van der Waals surface area contributed by atoms with Crippen molar-refractivity contribution in [2.45, 2.75) is 44.4 Å². The molecule has 5 nitrogen and oxygen atoms in total. The first-order valence-corrected chi connectivity index (χ1v) is 11.6. The van der Waals surface area contributed by atoms with Gasteiger partial charge in [0, 0.05) is 6.54 Å². The number of benzene rings is 2. The zero-order valence-corrected chi connectivity index (χ0v) is 17.7. The quantitative estimate of drug-likeness (QED) is 0.759. The lowest BCUT2D eigenvalue weighted by molar-refractivity contribution is 0.116. The average Bonchev–Trinajstić information content (AvgIpc) is 3.10. The monoisotopic (exact) mass is 399 g/mol. The van der Waals surface area contributed by atoms with E-state index < -0.39 is 20.5 Å². The number of rotatable bonds is 5. The van der Waals surface area contributed by atoms with Gasteiger partial charge in [-0.05, 0) is 21.8 Å². The van der Waals surface area contributed by atoms with E-state index >= 15 is 0 Å². The van der Waals surface area contributed by atoms with Crippen molar-refractivity contribution in [2.75, 3.05) is 13.2 Å². The Kier molecular flexibility index (Phi) is 5.93. The molecule has 1 fully saturated rings. The Morgan fingerprint density at radius 2 is 1.57 bits per heavy atom. The number of aliphatic hydroxyl groups is 1. The van der Waals surface area contributed by atoms with E-state index in [2.05, 4.69) is 45.0 Å². The summed E-state index contributed by atoms with van der Waals surface area (Å²) >= 11 is 0. The third kappa shape index (κ3) is 3.72. The molecule has 2 aromatic rings. The van der Waals surface area contributed by atoms with Crippen molar-refractivity contribution >= 4 is 24.8 Å². The van der Waals surface area contributed by atoms with Crippen molar-refractivity contribution in [2.24, 2.45) is 0 Å². The van der Waals surface area contributed by atoms with Gasteiger partial charge in [-0.15, -0.1) is 0 Å². The molecular weight excluding hydrogens is 370 g/mol. The summed E-state index contributed by atoms with van der Waals surface area (Å²) < 4.78 is 6.97. The lowest BCUT2D eigenvalue weighted by Gasteiger charge is -2.44. The van der Waals surface area contributed by atoms with Crippen LogP contribution in [-0.2, 0) is 4.43 Å². The van der Waals surface area contributed by atoms with Crippen LogP contribution in [0.2, 0.25) is 5.04 Å². The summed E-state index contributed by atoms with van der Waals surface area (Å²) in [6, 6.07) is 20.2. The number of hydrogen-bond acceptors (Lipinski definition) is 3. The number of nitrogens with zero attached hydrogens (tertiary/aromatic N) is 1. The molecule has 28 heavy (non-hydrogen) atoms. The van der Waals surface area contributed by atoms with Gasteiger partial charge in [0.1, 0.15) is 0 Å². The van der Waals surface area contributed by atoms with Crippen LogP contribution in [0.4, 0.5) is 4.79 Å². The van der Waals surface area contributed by atoms with Gasteiger partial charge in [-0.1, -0.05) is 81.4 Å². The Balaban J connectivity index is 2.08. The maximum Gasteiger partial charge on any atom is 0.407 e. The van der Waals surface area contributed by atoms with Crippen molar-refractivity contribution < 1.29 is 19.4 Å². The highest BCUT2D eigenvalue weighted by Crippen LogP contribution is 2.39. The number of aliphatic hydroxyl groups excluding tert-OH is 1.